The van der Waals surface area contributed by atoms with Gasteiger partial charge in [-0.1, -0.05) is 0 Å². The summed E-state index contributed by atoms with van der Waals surface area (Å²) in [5.74, 6) is 3.25. The van der Waals surface area contributed by atoms with Gasteiger partial charge >= 0.3 is 6.09 Å². The number of ether oxygens (including phenoxy) is 2. The molecule has 29 heavy (non-hydrogen) atoms. The summed E-state index contributed by atoms with van der Waals surface area (Å²) in [5, 5.41) is 7.01. The molecule has 0 aliphatic carbocycles. The highest BCUT2D eigenvalue weighted by atomic mass is 32.2. The second kappa shape index (κ2) is 11.3. The topological polar surface area (TPSA) is 78.4 Å². The van der Waals surface area contributed by atoms with Crippen molar-refractivity contribution in [1.29, 1.82) is 0 Å². The average molecular weight is 428 g/mol. The van der Waals surface area contributed by atoms with E-state index in [1.54, 1.807) is 4.90 Å². The normalized spacial score (nSPS) is 27.1. The van der Waals surface area contributed by atoms with Gasteiger partial charge in [-0.3, -0.25) is 9.89 Å². The molecule has 8 nitrogen and oxygen atoms in total. The first-order valence-electron chi connectivity index (χ1n) is 11.0. The number of likely N-dealkylation sites (tertiary alicyclic amines) is 1. The summed E-state index contributed by atoms with van der Waals surface area (Å²) < 4.78 is 10.7. The van der Waals surface area contributed by atoms with E-state index >= 15 is 0 Å². The molecule has 1 amide bonds. The Balaban J connectivity index is 1.56. The first kappa shape index (κ1) is 22.5. The molecule has 3 aliphatic heterocycles. The molecule has 0 saturated carbocycles. The Kier molecular flexibility index (Phi) is 8.74. The van der Waals surface area contributed by atoms with Crippen molar-refractivity contribution in [3.8, 4) is 0 Å². The van der Waals surface area contributed by atoms with Crippen LogP contribution in [0.3, 0.4) is 0 Å². The molecule has 0 aromatic carbocycles. The number of aliphatic imine (C=N–C) groups is 1. The number of rotatable bonds is 6. The van der Waals surface area contributed by atoms with Gasteiger partial charge in [0.1, 0.15) is 0 Å². The largest absolute Gasteiger partial charge is 0.450 e. The first-order valence-corrected chi connectivity index (χ1v) is 12.2. The van der Waals surface area contributed by atoms with Crippen molar-refractivity contribution in [3.05, 3.63) is 0 Å². The second-order valence-corrected chi connectivity index (χ2v) is 9.03. The maximum absolute atomic E-state index is 11.9. The van der Waals surface area contributed by atoms with Crippen LogP contribution in [0.4, 0.5) is 4.79 Å². The third-order valence-corrected chi connectivity index (χ3v) is 7.24. The molecule has 2 N–H and O–H groups in total. The van der Waals surface area contributed by atoms with Gasteiger partial charge in [0.15, 0.2) is 5.96 Å². The number of nitrogens with one attached hydrogen (secondary N) is 2. The van der Waals surface area contributed by atoms with E-state index in [9.17, 15) is 4.79 Å². The Morgan fingerprint density at radius 1 is 1.24 bits per heavy atom. The molecule has 0 aromatic rings. The van der Waals surface area contributed by atoms with E-state index in [2.05, 4.69) is 22.5 Å². The van der Waals surface area contributed by atoms with E-state index in [-0.39, 0.29) is 11.6 Å². The van der Waals surface area contributed by atoms with Crippen molar-refractivity contribution in [2.75, 3.05) is 70.6 Å². The number of amides is 1. The molecule has 3 fully saturated rings. The van der Waals surface area contributed by atoms with Gasteiger partial charge in [-0.15, -0.1) is 0 Å². The molecule has 1 unspecified atom stereocenters. The van der Waals surface area contributed by atoms with Gasteiger partial charge in [0.2, 0.25) is 0 Å². The fraction of sp³-hybridized carbons (Fsp3) is 0.900. The molecule has 166 valence electrons. The predicted octanol–water partition coefficient (Wildman–Crippen LogP) is 1.37. The lowest BCUT2D eigenvalue weighted by atomic mass is 9.96. The van der Waals surface area contributed by atoms with E-state index in [1.165, 1.54) is 12.2 Å². The minimum atomic E-state index is -0.197. The number of thioether (sulfide) groups is 1. The van der Waals surface area contributed by atoms with E-state index < -0.39 is 0 Å². The minimum Gasteiger partial charge on any atom is -0.450 e. The second-order valence-electron chi connectivity index (χ2n) is 7.93. The van der Waals surface area contributed by atoms with Crippen molar-refractivity contribution in [2.24, 2.45) is 4.99 Å². The van der Waals surface area contributed by atoms with Crippen LogP contribution in [0.25, 0.3) is 0 Å². The van der Waals surface area contributed by atoms with Gasteiger partial charge in [0.05, 0.1) is 31.9 Å². The van der Waals surface area contributed by atoms with Crippen LogP contribution >= 0.6 is 11.8 Å². The predicted molar refractivity (Wildman–Crippen MR) is 118 cm³/mol. The van der Waals surface area contributed by atoms with E-state index in [4.69, 9.17) is 14.5 Å². The first-order chi connectivity index (χ1) is 14.2. The van der Waals surface area contributed by atoms with Crippen LogP contribution in [0, 0.1) is 0 Å². The maximum Gasteiger partial charge on any atom is 0.409 e. The molecular formula is C20H37N5O3S. The highest BCUT2D eigenvalue weighted by Gasteiger charge is 2.40. The molecular weight excluding hydrogens is 390 g/mol. The fourth-order valence-electron chi connectivity index (χ4n) is 4.27. The Labute approximate surface area is 179 Å². The zero-order valence-corrected chi connectivity index (χ0v) is 18.8. The number of hydrogen-bond donors (Lipinski definition) is 2. The smallest absolute Gasteiger partial charge is 0.409 e. The summed E-state index contributed by atoms with van der Waals surface area (Å²) in [5.41, 5.74) is 0.157. The van der Waals surface area contributed by atoms with Crippen molar-refractivity contribution in [1.82, 2.24) is 20.4 Å². The number of carbonyl (C=O) groups excluding carboxylic acids is 1. The summed E-state index contributed by atoms with van der Waals surface area (Å²) in [6.45, 7) is 11.1. The van der Waals surface area contributed by atoms with Crippen molar-refractivity contribution < 1.29 is 14.3 Å². The molecule has 9 heteroatoms. The molecule has 3 saturated heterocycles. The summed E-state index contributed by atoms with van der Waals surface area (Å²) in [6, 6.07) is 0.329. The van der Waals surface area contributed by atoms with Crippen LogP contribution < -0.4 is 10.6 Å². The number of guanidine groups is 1. The lowest BCUT2D eigenvalue weighted by Gasteiger charge is -2.42. The van der Waals surface area contributed by atoms with Crippen molar-refractivity contribution in [2.45, 2.75) is 44.7 Å². The molecule has 0 spiro atoms. The molecule has 1 atom stereocenters. The molecule has 3 rings (SSSR count). The fourth-order valence-corrected chi connectivity index (χ4v) is 5.74. The SMILES string of the molecule is CCNC(=NCC1(N2CCOCC2)CCSC1)NC1CCN(C(=O)OCC)CC1. The quantitative estimate of drug-likeness (QED) is 0.490. The number of hydrogen-bond acceptors (Lipinski definition) is 6. The Morgan fingerprint density at radius 2 is 2.00 bits per heavy atom. The number of piperidine rings is 1. The highest BCUT2D eigenvalue weighted by molar-refractivity contribution is 7.99. The Bertz CT molecular complexity index is 542. The number of carbonyl (C=O) groups is 1. The molecule has 0 aromatic heterocycles. The van der Waals surface area contributed by atoms with E-state index in [0.29, 0.717) is 12.6 Å². The third kappa shape index (κ3) is 6.15. The number of nitrogens with zero attached hydrogens (tertiary/aromatic N) is 3. The summed E-state index contributed by atoms with van der Waals surface area (Å²) >= 11 is 2.04. The number of morpholine rings is 1. The van der Waals surface area contributed by atoms with Gasteiger partial charge in [0, 0.05) is 44.5 Å². The minimum absolute atomic E-state index is 0.157. The monoisotopic (exact) mass is 427 g/mol. The van der Waals surface area contributed by atoms with Gasteiger partial charge in [0.25, 0.3) is 0 Å². The van der Waals surface area contributed by atoms with Crippen LogP contribution in [0.5, 0.6) is 0 Å². The zero-order valence-electron chi connectivity index (χ0n) is 18.0. The van der Waals surface area contributed by atoms with Gasteiger partial charge in [-0.25, -0.2) is 4.79 Å². The van der Waals surface area contributed by atoms with Crippen LogP contribution in [0.15, 0.2) is 4.99 Å². The lowest BCUT2D eigenvalue weighted by Crippen LogP contribution is -2.56. The summed E-state index contributed by atoms with van der Waals surface area (Å²) in [7, 11) is 0. The lowest BCUT2D eigenvalue weighted by molar-refractivity contribution is -0.0104. The van der Waals surface area contributed by atoms with Crippen LogP contribution in [0.1, 0.15) is 33.1 Å². The summed E-state index contributed by atoms with van der Waals surface area (Å²) in [6.07, 6.45) is 2.82. The highest BCUT2D eigenvalue weighted by Crippen LogP contribution is 2.34. The van der Waals surface area contributed by atoms with E-state index in [0.717, 1.165) is 77.0 Å². The van der Waals surface area contributed by atoms with Crippen LogP contribution in [-0.4, -0.2) is 104 Å². The van der Waals surface area contributed by atoms with E-state index in [1.807, 2.05) is 18.7 Å². The molecule has 3 aliphatic rings. The average Bonchev–Trinajstić information content (AvgIpc) is 3.24. The van der Waals surface area contributed by atoms with Crippen LogP contribution in [0.2, 0.25) is 0 Å². The Morgan fingerprint density at radius 3 is 2.62 bits per heavy atom. The third-order valence-electron chi connectivity index (χ3n) is 6.00. The van der Waals surface area contributed by atoms with Crippen LogP contribution in [-0.2, 0) is 9.47 Å². The molecule has 0 radical (unpaired) electrons. The molecule has 3 heterocycles. The maximum atomic E-state index is 11.9. The Hall–Kier alpha value is -1.19. The summed E-state index contributed by atoms with van der Waals surface area (Å²) in [4.78, 5) is 21.3. The zero-order chi connectivity index (χ0) is 20.5. The standard InChI is InChI=1S/C20H37N5O3S/c1-3-21-18(23-17-5-8-24(9-6-17)19(26)28-4-2)22-15-20(7-14-29-16-20)25-10-12-27-13-11-25/h17H,3-16H2,1-2H3,(H2,21,22,23). The molecule has 0 bridgehead atoms. The van der Waals surface area contributed by atoms with Crippen molar-refractivity contribution >= 4 is 23.8 Å². The van der Waals surface area contributed by atoms with Crippen molar-refractivity contribution in [3.63, 3.8) is 0 Å². The van der Waals surface area contributed by atoms with Gasteiger partial charge in [-0.2, -0.15) is 11.8 Å². The van der Waals surface area contributed by atoms with Gasteiger partial charge in [-0.05, 0) is 38.9 Å². The van der Waals surface area contributed by atoms with Gasteiger partial charge < -0.3 is 25.0 Å².